The molecule has 1 atom stereocenters. The van der Waals surface area contributed by atoms with Crippen molar-refractivity contribution in [2.45, 2.75) is 33.3 Å². The Kier molecular flexibility index (Phi) is 4.74. The van der Waals surface area contributed by atoms with Crippen LogP contribution in [-0.4, -0.2) is 16.7 Å². The van der Waals surface area contributed by atoms with E-state index in [0.29, 0.717) is 18.8 Å². The van der Waals surface area contributed by atoms with Crippen LogP contribution in [0, 0.1) is 13.8 Å². The van der Waals surface area contributed by atoms with Gasteiger partial charge in [-0.3, -0.25) is 4.98 Å². The molecule has 0 aliphatic rings. The highest BCUT2D eigenvalue weighted by Crippen LogP contribution is 2.22. The van der Waals surface area contributed by atoms with Gasteiger partial charge in [0.15, 0.2) is 0 Å². The lowest BCUT2D eigenvalue weighted by atomic mass is 9.99. The summed E-state index contributed by atoms with van der Waals surface area (Å²) in [7, 11) is 0. The molecule has 0 spiro atoms. The Bertz CT molecular complexity index is 581. The lowest BCUT2D eigenvalue weighted by molar-refractivity contribution is 0.177. The number of nitrogens with zero attached hydrogens (tertiary/aromatic N) is 1. The molecule has 0 amide bonds. The van der Waals surface area contributed by atoms with E-state index in [1.54, 1.807) is 12.4 Å². The van der Waals surface area contributed by atoms with Crippen molar-refractivity contribution in [3.05, 3.63) is 58.9 Å². The average molecular weight is 271 g/mol. The smallest absolute Gasteiger partial charge is 0.137 e. The van der Waals surface area contributed by atoms with Crippen LogP contribution < -0.4 is 4.74 Å². The molecule has 106 valence electrons. The molecule has 1 heterocycles. The number of rotatable bonds is 5. The van der Waals surface area contributed by atoms with E-state index in [9.17, 15) is 5.11 Å². The molecule has 0 aliphatic carbocycles. The van der Waals surface area contributed by atoms with Gasteiger partial charge in [-0.15, -0.1) is 0 Å². The van der Waals surface area contributed by atoms with E-state index in [-0.39, 0.29) is 0 Å². The number of aromatic nitrogens is 1. The molecule has 2 aromatic rings. The zero-order chi connectivity index (χ0) is 14.5. The van der Waals surface area contributed by atoms with E-state index in [0.717, 1.165) is 11.1 Å². The molecule has 3 heteroatoms. The number of aliphatic hydroxyl groups is 1. The van der Waals surface area contributed by atoms with Gasteiger partial charge in [-0.1, -0.05) is 18.2 Å². The Morgan fingerprint density at radius 2 is 1.95 bits per heavy atom. The Morgan fingerprint density at radius 1 is 1.15 bits per heavy atom. The van der Waals surface area contributed by atoms with Crippen LogP contribution in [0.1, 0.15) is 35.3 Å². The summed E-state index contributed by atoms with van der Waals surface area (Å²) >= 11 is 0. The summed E-state index contributed by atoms with van der Waals surface area (Å²) in [6.07, 6.45) is 3.37. The maximum Gasteiger partial charge on any atom is 0.137 e. The van der Waals surface area contributed by atoms with Gasteiger partial charge in [-0.25, -0.2) is 0 Å². The fourth-order valence-electron chi connectivity index (χ4n) is 2.14. The van der Waals surface area contributed by atoms with E-state index in [1.165, 1.54) is 11.1 Å². The van der Waals surface area contributed by atoms with Crippen LogP contribution in [-0.2, 0) is 6.42 Å². The molecule has 20 heavy (non-hydrogen) atoms. The monoisotopic (exact) mass is 271 g/mol. The summed E-state index contributed by atoms with van der Waals surface area (Å²) in [6.45, 7) is 6.70. The third kappa shape index (κ3) is 3.58. The van der Waals surface area contributed by atoms with Gasteiger partial charge in [-0.05, 0) is 43.5 Å². The summed E-state index contributed by atoms with van der Waals surface area (Å²) in [5, 5.41) is 10.3. The maximum atomic E-state index is 10.3. The Hall–Kier alpha value is -1.87. The van der Waals surface area contributed by atoms with Gasteiger partial charge in [0.25, 0.3) is 0 Å². The van der Waals surface area contributed by atoms with Gasteiger partial charge in [0, 0.05) is 18.2 Å². The molecule has 0 fully saturated rings. The minimum Gasteiger partial charge on any atom is -0.492 e. The minimum absolute atomic E-state index is 0.565. The predicted octanol–water partition coefficient (Wildman–Crippen LogP) is 3.37. The second-order valence-corrected chi connectivity index (χ2v) is 5.03. The van der Waals surface area contributed by atoms with Crippen molar-refractivity contribution in [3.63, 3.8) is 0 Å². The number of benzene rings is 1. The maximum absolute atomic E-state index is 10.3. The van der Waals surface area contributed by atoms with Gasteiger partial charge in [0.2, 0.25) is 0 Å². The lowest BCUT2D eigenvalue weighted by Crippen LogP contribution is -2.04. The number of hydrogen-bond acceptors (Lipinski definition) is 3. The quantitative estimate of drug-likeness (QED) is 0.906. The van der Waals surface area contributed by atoms with Crippen molar-refractivity contribution >= 4 is 0 Å². The fourth-order valence-corrected chi connectivity index (χ4v) is 2.14. The van der Waals surface area contributed by atoms with Gasteiger partial charge >= 0.3 is 0 Å². The second-order valence-electron chi connectivity index (χ2n) is 5.03. The Balaban J connectivity index is 2.12. The van der Waals surface area contributed by atoms with Crippen LogP contribution in [0.25, 0.3) is 0 Å². The summed E-state index contributed by atoms with van der Waals surface area (Å²) in [6, 6.07) is 8.12. The Morgan fingerprint density at radius 3 is 2.65 bits per heavy atom. The van der Waals surface area contributed by atoms with Crippen LogP contribution in [0.2, 0.25) is 0 Å². The summed E-state index contributed by atoms with van der Waals surface area (Å²) in [4.78, 5) is 4.11. The molecular weight excluding hydrogens is 250 g/mol. The zero-order valence-electron chi connectivity index (χ0n) is 12.3. The highest BCUT2D eigenvalue weighted by molar-refractivity contribution is 5.32. The molecule has 1 aromatic carbocycles. The minimum atomic E-state index is -0.565. The number of hydrogen-bond donors (Lipinski definition) is 1. The molecule has 1 N–H and O–H groups in total. The van der Waals surface area contributed by atoms with Crippen molar-refractivity contribution in [1.82, 2.24) is 4.98 Å². The van der Waals surface area contributed by atoms with Crippen molar-refractivity contribution < 1.29 is 9.84 Å². The third-order valence-corrected chi connectivity index (χ3v) is 3.43. The van der Waals surface area contributed by atoms with Gasteiger partial charge in [-0.2, -0.15) is 0 Å². The van der Waals surface area contributed by atoms with E-state index >= 15 is 0 Å². The van der Waals surface area contributed by atoms with E-state index < -0.39 is 6.10 Å². The second kappa shape index (κ2) is 6.53. The molecule has 1 unspecified atom stereocenters. The average Bonchev–Trinajstić information content (AvgIpc) is 2.43. The first-order chi connectivity index (χ1) is 9.60. The van der Waals surface area contributed by atoms with E-state index in [2.05, 4.69) is 37.0 Å². The lowest BCUT2D eigenvalue weighted by Gasteiger charge is -2.13. The molecule has 0 radical (unpaired) electrons. The zero-order valence-corrected chi connectivity index (χ0v) is 12.3. The normalized spacial score (nSPS) is 12.2. The summed E-state index contributed by atoms with van der Waals surface area (Å²) in [5.74, 6) is 0.698. The standard InChI is InChI=1S/C17H21NO2/c1-4-20-16-9-15(10-18-11-16)17(19)8-14-6-5-12(2)13(3)7-14/h5-7,9-11,17,19H,4,8H2,1-3H3. The van der Waals surface area contributed by atoms with Crippen LogP contribution >= 0.6 is 0 Å². The van der Waals surface area contributed by atoms with Crippen LogP contribution in [0.4, 0.5) is 0 Å². The van der Waals surface area contributed by atoms with Gasteiger partial charge in [0.1, 0.15) is 5.75 Å². The molecule has 0 bridgehead atoms. The topological polar surface area (TPSA) is 42.4 Å². The molecule has 2 rings (SSSR count). The van der Waals surface area contributed by atoms with Crippen LogP contribution in [0.15, 0.2) is 36.7 Å². The molecular formula is C17H21NO2. The van der Waals surface area contributed by atoms with Crippen molar-refractivity contribution in [2.24, 2.45) is 0 Å². The SMILES string of the molecule is CCOc1cncc(C(O)Cc2ccc(C)c(C)c2)c1. The van der Waals surface area contributed by atoms with Crippen molar-refractivity contribution in [2.75, 3.05) is 6.61 Å². The fraction of sp³-hybridized carbons (Fsp3) is 0.353. The first-order valence-corrected chi connectivity index (χ1v) is 6.92. The highest BCUT2D eigenvalue weighted by atomic mass is 16.5. The van der Waals surface area contributed by atoms with Gasteiger partial charge in [0.05, 0.1) is 18.9 Å². The first-order valence-electron chi connectivity index (χ1n) is 6.92. The number of pyridine rings is 1. The summed E-state index contributed by atoms with van der Waals surface area (Å²) < 4.78 is 5.41. The van der Waals surface area contributed by atoms with Crippen molar-refractivity contribution in [1.29, 1.82) is 0 Å². The molecule has 0 aliphatic heterocycles. The van der Waals surface area contributed by atoms with E-state index in [4.69, 9.17) is 4.74 Å². The molecule has 1 aromatic heterocycles. The Labute approximate surface area is 120 Å². The number of aliphatic hydroxyl groups excluding tert-OH is 1. The van der Waals surface area contributed by atoms with Gasteiger partial charge < -0.3 is 9.84 Å². The third-order valence-electron chi connectivity index (χ3n) is 3.43. The number of aryl methyl sites for hydroxylation is 2. The highest BCUT2D eigenvalue weighted by Gasteiger charge is 2.10. The number of ether oxygens (including phenoxy) is 1. The van der Waals surface area contributed by atoms with E-state index in [1.807, 2.05) is 13.0 Å². The molecule has 3 nitrogen and oxygen atoms in total. The van der Waals surface area contributed by atoms with Crippen LogP contribution in [0.3, 0.4) is 0 Å². The predicted molar refractivity (Wildman–Crippen MR) is 80.0 cm³/mol. The molecule has 0 saturated heterocycles. The largest absolute Gasteiger partial charge is 0.492 e. The first kappa shape index (κ1) is 14.5. The van der Waals surface area contributed by atoms with Crippen LogP contribution in [0.5, 0.6) is 5.75 Å². The molecule has 0 saturated carbocycles. The van der Waals surface area contributed by atoms with Crippen molar-refractivity contribution in [3.8, 4) is 5.75 Å². The summed E-state index contributed by atoms with van der Waals surface area (Å²) in [5.41, 5.74) is 4.43.